The Hall–Kier alpha value is -3.12. The fourth-order valence-corrected chi connectivity index (χ4v) is 3.01. The maximum absolute atomic E-state index is 12.6. The first-order valence-corrected chi connectivity index (χ1v) is 8.62. The molecule has 2 heterocycles. The van der Waals surface area contributed by atoms with Crippen LogP contribution >= 0.6 is 0 Å². The second-order valence-corrected chi connectivity index (χ2v) is 6.16. The molecule has 1 N–H and O–H groups in total. The first-order valence-electron chi connectivity index (χ1n) is 8.62. The van der Waals surface area contributed by atoms with Gasteiger partial charge in [-0.25, -0.2) is 9.48 Å². The van der Waals surface area contributed by atoms with Crippen LogP contribution in [-0.4, -0.2) is 40.4 Å². The Morgan fingerprint density at radius 3 is 2.58 bits per heavy atom. The zero-order chi connectivity index (χ0) is 17.8. The van der Waals surface area contributed by atoms with E-state index in [4.69, 9.17) is 4.74 Å². The van der Waals surface area contributed by atoms with E-state index in [1.165, 1.54) is 0 Å². The fraction of sp³-hybridized carbons (Fsp3) is 0.200. The molecule has 6 heteroatoms. The Bertz CT molecular complexity index is 864. The number of rotatable bonds is 3. The minimum absolute atomic E-state index is 0.0947. The number of hydrogen-bond acceptors (Lipinski definition) is 3. The third-order valence-electron chi connectivity index (χ3n) is 4.38. The molecule has 0 aliphatic carbocycles. The molecule has 4 rings (SSSR count). The number of carbonyl (C=O) groups is 1. The first kappa shape index (κ1) is 16.4. The SMILES string of the molecule is O=C(Nc1cnn(-c2ccccc2)c1)N1CCO[C@H](c2ccccc2)C1. The molecular formula is C20H20N4O2. The van der Waals surface area contributed by atoms with Crippen molar-refractivity contribution < 1.29 is 9.53 Å². The lowest BCUT2D eigenvalue weighted by Crippen LogP contribution is -2.44. The molecule has 3 aromatic rings. The Kier molecular flexibility index (Phi) is 4.66. The van der Waals surface area contributed by atoms with E-state index >= 15 is 0 Å². The van der Waals surface area contributed by atoms with E-state index in [0.29, 0.717) is 25.4 Å². The van der Waals surface area contributed by atoms with Crippen LogP contribution in [0.5, 0.6) is 0 Å². The van der Waals surface area contributed by atoms with Gasteiger partial charge in [0.1, 0.15) is 6.10 Å². The summed E-state index contributed by atoms with van der Waals surface area (Å²) in [7, 11) is 0. The average Bonchev–Trinajstić information content (AvgIpc) is 3.18. The molecule has 1 aromatic heterocycles. The molecule has 132 valence electrons. The molecule has 1 aliphatic heterocycles. The van der Waals surface area contributed by atoms with Gasteiger partial charge in [0.2, 0.25) is 0 Å². The summed E-state index contributed by atoms with van der Waals surface area (Å²) in [6.07, 6.45) is 3.37. The van der Waals surface area contributed by atoms with Gasteiger partial charge in [-0.3, -0.25) is 0 Å². The van der Waals surface area contributed by atoms with Crippen LogP contribution in [-0.2, 0) is 4.74 Å². The number of carbonyl (C=O) groups excluding carboxylic acids is 1. The molecule has 1 atom stereocenters. The van der Waals surface area contributed by atoms with Gasteiger partial charge in [-0.15, -0.1) is 0 Å². The summed E-state index contributed by atoms with van der Waals surface area (Å²) in [4.78, 5) is 14.4. The maximum Gasteiger partial charge on any atom is 0.322 e. The van der Waals surface area contributed by atoms with Gasteiger partial charge in [0.05, 0.1) is 36.9 Å². The van der Waals surface area contributed by atoms with Gasteiger partial charge < -0.3 is 15.0 Å². The highest BCUT2D eigenvalue weighted by Crippen LogP contribution is 2.22. The van der Waals surface area contributed by atoms with E-state index in [1.54, 1.807) is 15.8 Å². The standard InChI is InChI=1S/C20H20N4O2/c25-20(22-17-13-21-24(14-17)18-9-5-2-6-10-18)23-11-12-26-19(15-23)16-7-3-1-4-8-16/h1-10,13-14,19H,11-12,15H2,(H,22,25)/t19-/m0/s1. The Labute approximate surface area is 152 Å². The van der Waals surface area contributed by atoms with E-state index in [2.05, 4.69) is 10.4 Å². The van der Waals surface area contributed by atoms with E-state index in [9.17, 15) is 4.79 Å². The van der Waals surface area contributed by atoms with Crippen LogP contribution in [0, 0.1) is 0 Å². The predicted octanol–water partition coefficient (Wildman–Crippen LogP) is 3.48. The summed E-state index contributed by atoms with van der Waals surface area (Å²) in [5.41, 5.74) is 2.70. The lowest BCUT2D eigenvalue weighted by atomic mass is 10.1. The van der Waals surface area contributed by atoms with Crippen molar-refractivity contribution in [3.8, 4) is 5.69 Å². The van der Waals surface area contributed by atoms with Crippen molar-refractivity contribution in [3.63, 3.8) is 0 Å². The van der Waals surface area contributed by atoms with Crippen LogP contribution < -0.4 is 5.32 Å². The second-order valence-electron chi connectivity index (χ2n) is 6.16. The summed E-state index contributed by atoms with van der Waals surface area (Å²) >= 11 is 0. The average molecular weight is 348 g/mol. The normalized spacial score (nSPS) is 17.1. The predicted molar refractivity (Wildman–Crippen MR) is 99.3 cm³/mol. The fourth-order valence-electron chi connectivity index (χ4n) is 3.01. The van der Waals surface area contributed by atoms with E-state index < -0.39 is 0 Å². The van der Waals surface area contributed by atoms with Gasteiger partial charge in [0.25, 0.3) is 0 Å². The Balaban J connectivity index is 1.41. The number of para-hydroxylation sites is 1. The van der Waals surface area contributed by atoms with Crippen LogP contribution in [0.1, 0.15) is 11.7 Å². The van der Waals surface area contributed by atoms with Gasteiger partial charge in [-0.05, 0) is 17.7 Å². The minimum atomic E-state index is -0.137. The molecule has 1 fully saturated rings. The highest BCUT2D eigenvalue weighted by Gasteiger charge is 2.25. The van der Waals surface area contributed by atoms with Gasteiger partial charge in [0, 0.05) is 6.54 Å². The number of hydrogen-bond donors (Lipinski definition) is 1. The van der Waals surface area contributed by atoms with Gasteiger partial charge in [0.15, 0.2) is 0 Å². The van der Waals surface area contributed by atoms with E-state index in [1.807, 2.05) is 66.9 Å². The third kappa shape index (κ3) is 3.60. The van der Waals surface area contributed by atoms with Crippen molar-refractivity contribution >= 4 is 11.7 Å². The molecule has 26 heavy (non-hydrogen) atoms. The van der Waals surface area contributed by atoms with Crippen LogP contribution in [0.15, 0.2) is 73.1 Å². The van der Waals surface area contributed by atoms with E-state index in [0.717, 1.165) is 11.3 Å². The highest BCUT2D eigenvalue weighted by molar-refractivity contribution is 5.89. The Morgan fingerprint density at radius 1 is 1.08 bits per heavy atom. The number of anilines is 1. The lowest BCUT2D eigenvalue weighted by Gasteiger charge is -2.33. The topological polar surface area (TPSA) is 59.4 Å². The van der Waals surface area contributed by atoms with E-state index in [-0.39, 0.29) is 12.1 Å². The number of nitrogens with one attached hydrogen (secondary N) is 1. The number of aromatic nitrogens is 2. The first-order chi connectivity index (χ1) is 12.8. The summed E-state index contributed by atoms with van der Waals surface area (Å²) < 4.78 is 7.56. The van der Waals surface area contributed by atoms with Crippen LogP contribution in [0.25, 0.3) is 5.69 Å². The summed E-state index contributed by atoms with van der Waals surface area (Å²) in [5.74, 6) is 0. The second kappa shape index (κ2) is 7.41. The zero-order valence-corrected chi connectivity index (χ0v) is 14.3. The molecule has 0 saturated carbocycles. The summed E-state index contributed by atoms with van der Waals surface area (Å²) in [6.45, 7) is 1.63. The molecule has 0 bridgehead atoms. The Morgan fingerprint density at radius 2 is 1.81 bits per heavy atom. The lowest BCUT2D eigenvalue weighted by molar-refractivity contribution is -0.0135. The smallest absolute Gasteiger partial charge is 0.322 e. The van der Waals surface area contributed by atoms with Crippen LogP contribution in [0.4, 0.5) is 10.5 Å². The molecule has 6 nitrogen and oxygen atoms in total. The number of benzene rings is 2. The van der Waals surface area contributed by atoms with Crippen molar-refractivity contribution in [3.05, 3.63) is 78.6 Å². The third-order valence-corrected chi connectivity index (χ3v) is 4.38. The molecule has 2 aromatic carbocycles. The highest BCUT2D eigenvalue weighted by atomic mass is 16.5. The molecule has 0 spiro atoms. The minimum Gasteiger partial charge on any atom is -0.370 e. The van der Waals surface area contributed by atoms with Gasteiger partial charge >= 0.3 is 6.03 Å². The van der Waals surface area contributed by atoms with Crippen LogP contribution in [0.2, 0.25) is 0 Å². The largest absolute Gasteiger partial charge is 0.370 e. The number of nitrogens with zero attached hydrogens (tertiary/aromatic N) is 3. The van der Waals surface area contributed by atoms with Gasteiger partial charge in [-0.1, -0.05) is 48.5 Å². The molecular weight excluding hydrogens is 328 g/mol. The van der Waals surface area contributed by atoms with Crippen molar-refractivity contribution in [1.82, 2.24) is 14.7 Å². The number of morpholine rings is 1. The zero-order valence-electron chi connectivity index (χ0n) is 14.3. The van der Waals surface area contributed by atoms with Crippen LogP contribution in [0.3, 0.4) is 0 Å². The molecule has 0 unspecified atom stereocenters. The van der Waals surface area contributed by atoms with Crippen molar-refractivity contribution in [2.75, 3.05) is 25.0 Å². The molecule has 1 saturated heterocycles. The number of urea groups is 1. The van der Waals surface area contributed by atoms with Crippen molar-refractivity contribution in [2.45, 2.75) is 6.10 Å². The number of ether oxygens (including phenoxy) is 1. The monoisotopic (exact) mass is 348 g/mol. The molecule has 1 aliphatic rings. The molecule has 0 radical (unpaired) electrons. The quantitative estimate of drug-likeness (QED) is 0.788. The summed E-state index contributed by atoms with van der Waals surface area (Å²) in [6, 6.07) is 19.6. The number of amides is 2. The van der Waals surface area contributed by atoms with Crippen molar-refractivity contribution in [1.29, 1.82) is 0 Å². The van der Waals surface area contributed by atoms with Gasteiger partial charge in [-0.2, -0.15) is 5.10 Å². The summed E-state index contributed by atoms with van der Waals surface area (Å²) in [5, 5.41) is 7.23. The molecule has 2 amide bonds. The van der Waals surface area contributed by atoms with Crippen molar-refractivity contribution in [2.24, 2.45) is 0 Å². The maximum atomic E-state index is 12.6.